The lowest BCUT2D eigenvalue weighted by Crippen LogP contribution is -2.17. The molecule has 2 aromatic carbocycles. The largest absolute Gasteiger partial charge is 0.867 e. The summed E-state index contributed by atoms with van der Waals surface area (Å²) in [7, 11) is 0. The Bertz CT molecular complexity index is 793. The van der Waals surface area contributed by atoms with Gasteiger partial charge < -0.3 is 5.11 Å². The first kappa shape index (κ1) is 16.4. The van der Waals surface area contributed by atoms with Crippen LogP contribution in [0.25, 0.3) is 0 Å². The van der Waals surface area contributed by atoms with E-state index >= 15 is 0 Å². The third-order valence-electron chi connectivity index (χ3n) is 2.74. The summed E-state index contributed by atoms with van der Waals surface area (Å²) in [5.74, 6) is -2.00. The van der Waals surface area contributed by atoms with Gasteiger partial charge in [0.2, 0.25) is 0 Å². The third kappa shape index (κ3) is 4.01. The Balaban J connectivity index is 2.16. The van der Waals surface area contributed by atoms with E-state index in [-0.39, 0.29) is 16.1 Å². The number of carbonyl (C=O) groups is 1. The highest BCUT2D eigenvalue weighted by atomic mass is 35.5. The number of nitro benzene ring substituents is 1. The molecule has 0 aliphatic rings. The molecule has 2 rings (SSSR count). The average molecular weight is 337 g/mol. The zero-order valence-corrected chi connectivity index (χ0v) is 12.1. The SMILES string of the molecule is O=C(N/N=C/c1cc(Cl)cc([N+](=O)[O-])c1[O-])c1ccc(F)cc1. The third-order valence-corrected chi connectivity index (χ3v) is 2.95. The second kappa shape index (κ2) is 6.84. The highest BCUT2D eigenvalue weighted by Crippen LogP contribution is 2.29. The van der Waals surface area contributed by atoms with Crippen LogP contribution in [-0.4, -0.2) is 17.0 Å². The molecule has 0 radical (unpaired) electrons. The average Bonchev–Trinajstić information content (AvgIpc) is 2.50. The lowest BCUT2D eigenvalue weighted by molar-refractivity contribution is -0.398. The summed E-state index contributed by atoms with van der Waals surface area (Å²) in [6, 6.07) is 6.83. The van der Waals surface area contributed by atoms with Gasteiger partial charge in [-0.1, -0.05) is 11.6 Å². The number of nitrogens with one attached hydrogen (secondary N) is 1. The second-order valence-corrected chi connectivity index (χ2v) is 4.74. The Morgan fingerprint density at radius 2 is 1.96 bits per heavy atom. The fourth-order valence-corrected chi connectivity index (χ4v) is 1.88. The highest BCUT2D eigenvalue weighted by molar-refractivity contribution is 6.31. The van der Waals surface area contributed by atoms with Crippen molar-refractivity contribution in [2.75, 3.05) is 0 Å². The standard InChI is InChI=1S/C14H9ClFN3O4/c15-10-5-9(13(20)12(6-10)19(22)23)7-17-18-14(21)8-1-3-11(16)4-2-8/h1-7,20H,(H,18,21)/p-1/b17-7+. The van der Waals surface area contributed by atoms with Crippen LogP contribution < -0.4 is 10.5 Å². The predicted molar refractivity (Wildman–Crippen MR) is 79.0 cm³/mol. The summed E-state index contributed by atoms with van der Waals surface area (Å²) >= 11 is 5.69. The zero-order chi connectivity index (χ0) is 17.0. The van der Waals surface area contributed by atoms with E-state index in [0.717, 1.165) is 24.4 Å². The summed E-state index contributed by atoms with van der Waals surface area (Å²) in [6.45, 7) is 0. The first-order valence-electron chi connectivity index (χ1n) is 6.12. The van der Waals surface area contributed by atoms with Crippen molar-refractivity contribution in [2.45, 2.75) is 0 Å². The van der Waals surface area contributed by atoms with Crippen molar-refractivity contribution < 1.29 is 19.2 Å². The molecule has 0 fully saturated rings. The van der Waals surface area contributed by atoms with Crippen molar-refractivity contribution in [3.05, 3.63) is 68.5 Å². The number of rotatable bonds is 4. The van der Waals surface area contributed by atoms with Gasteiger partial charge in [0.25, 0.3) is 11.6 Å². The van der Waals surface area contributed by atoms with Crippen molar-refractivity contribution >= 4 is 29.4 Å². The Morgan fingerprint density at radius 1 is 1.30 bits per heavy atom. The van der Waals surface area contributed by atoms with Crippen molar-refractivity contribution in [3.8, 4) is 5.75 Å². The number of benzene rings is 2. The van der Waals surface area contributed by atoms with Crippen LogP contribution >= 0.6 is 11.6 Å². The summed E-state index contributed by atoms with van der Waals surface area (Å²) in [4.78, 5) is 21.6. The number of hydrogen-bond donors (Lipinski definition) is 1. The molecule has 1 amide bonds. The van der Waals surface area contributed by atoms with E-state index in [1.54, 1.807) is 0 Å². The van der Waals surface area contributed by atoms with Gasteiger partial charge in [0.15, 0.2) is 0 Å². The van der Waals surface area contributed by atoms with Gasteiger partial charge in [0, 0.05) is 16.7 Å². The number of amides is 1. The molecule has 0 saturated carbocycles. The lowest BCUT2D eigenvalue weighted by atomic mass is 10.2. The van der Waals surface area contributed by atoms with Crippen LogP contribution in [0.15, 0.2) is 41.5 Å². The molecule has 0 atom stereocenters. The first-order chi connectivity index (χ1) is 10.9. The fraction of sp³-hybridized carbons (Fsp3) is 0. The van der Waals surface area contributed by atoms with E-state index in [1.807, 2.05) is 0 Å². The molecule has 2 aromatic rings. The number of hydrogen-bond acceptors (Lipinski definition) is 5. The number of halogens is 2. The van der Waals surface area contributed by atoms with E-state index in [1.165, 1.54) is 18.2 Å². The molecule has 0 unspecified atom stereocenters. The molecule has 23 heavy (non-hydrogen) atoms. The van der Waals surface area contributed by atoms with E-state index in [9.17, 15) is 24.4 Å². The molecule has 0 saturated heterocycles. The molecule has 118 valence electrons. The van der Waals surface area contributed by atoms with E-state index in [2.05, 4.69) is 10.5 Å². The van der Waals surface area contributed by atoms with Crippen LogP contribution in [0, 0.1) is 15.9 Å². The Kier molecular flexibility index (Phi) is 4.87. The fourth-order valence-electron chi connectivity index (χ4n) is 1.66. The van der Waals surface area contributed by atoms with Gasteiger partial charge in [-0.05, 0) is 41.6 Å². The zero-order valence-electron chi connectivity index (χ0n) is 11.3. The quantitative estimate of drug-likeness (QED) is 0.524. The molecule has 7 nitrogen and oxygen atoms in total. The summed E-state index contributed by atoms with van der Waals surface area (Å²) in [6.07, 6.45) is 0.947. The van der Waals surface area contributed by atoms with Gasteiger partial charge >= 0.3 is 0 Å². The van der Waals surface area contributed by atoms with E-state index in [4.69, 9.17) is 11.6 Å². The van der Waals surface area contributed by atoms with Crippen LogP contribution in [0.5, 0.6) is 5.75 Å². The lowest BCUT2D eigenvalue weighted by Gasteiger charge is -2.10. The van der Waals surface area contributed by atoms with Crippen molar-refractivity contribution in [1.82, 2.24) is 5.43 Å². The molecular formula is C14H8ClFN3O4-. The summed E-state index contributed by atoms with van der Waals surface area (Å²) in [5, 5.41) is 26.1. The van der Waals surface area contributed by atoms with Crippen molar-refractivity contribution in [1.29, 1.82) is 0 Å². The number of nitro groups is 1. The van der Waals surface area contributed by atoms with Crippen molar-refractivity contribution in [3.63, 3.8) is 0 Å². The molecule has 0 aromatic heterocycles. The summed E-state index contributed by atoms with van der Waals surface area (Å²) < 4.78 is 12.7. The van der Waals surface area contributed by atoms with Gasteiger partial charge in [-0.15, -0.1) is 0 Å². The molecule has 0 heterocycles. The maximum absolute atomic E-state index is 12.7. The second-order valence-electron chi connectivity index (χ2n) is 4.31. The maximum Gasteiger partial charge on any atom is 0.271 e. The molecule has 0 aliphatic heterocycles. The Hall–Kier alpha value is -3.00. The minimum absolute atomic E-state index is 0.0115. The number of carbonyl (C=O) groups excluding carboxylic acids is 1. The van der Waals surface area contributed by atoms with Gasteiger partial charge in [-0.2, -0.15) is 5.10 Å². The number of hydrazone groups is 1. The monoisotopic (exact) mass is 336 g/mol. The molecule has 9 heteroatoms. The maximum atomic E-state index is 12.7. The number of nitrogens with zero attached hydrogens (tertiary/aromatic N) is 2. The van der Waals surface area contributed by atoms with Crippen LogP contribution in [0.3, 0.4) is 0 Å². The predicted octanol–water partition coefficient (Wildman–Crippen LogP) is 2.22. The van der Waals surface area contributed by atoms with Gasteiger partial charge in [-0.25, -0.2) is 9.82 Å². The van der Waals surface area contributed by atoms with E-state index < -0.39 is 28.1 Å². The molecule has 0 bridgehead atoms. The van der Waals surface area contributed by atoms with Crippen LogP contribution in [0.4, 0.5) is 10.1 Å². The summed E-state index contributed by atoms with van der Waals surface area (Å²) in [5.41, 5.74) is 1.43. The first-order valence-corrected chi connectivity index (χ1v) is 6.50. The highest BCUT2D eigenvalue weighted by Gasteiger charge is 2.11. The van der Waals surface area contributed by atoms with Gasteiger partial charge in [0.1, 0.15) is 5.82 Å². The van der Waals surface area contributed by atoms with E-state index in [0.29, 0.717) is 0 Å². The minimum atomic E-state index is -0.876. The van der Waals surface area contributed by atoms with Crippen LogP contribution in [0.2, 0.25) is 5.02 Å². The van der Waals surface area contributed by atoms with Crippen LogP contribution in [0.1, 0.15) is 15.9 Å². The molecule has 0 spiro atoms. The van der Waals surface area contributed by atoms with Gasteiger partial charge in [-0.3, -0.25) is 14.9 Å². The Morgan fingerprint density at radius 3 is 2.57 bits per heavy atom. The minimum Gasteiger partial charge on any atom is -0.867 e. The molecule has 1 N–H and O–H groups in total. The topological polar surface area (TPSA) is 108 Å². The van der Waals surface area contributed by atoms with Gasteiger partial charge in [0.05, 0.1) is 11.1 Å². The normalized spacial score (nSPS) is 10.7. The smallest absolute Gasteiger partial charge is 0.271 e. The van der Waals surface area contributed by atoms with Crippen LogP contribution in [-0.2, 0) is 0 Å². The Labute approximate surface area is 134 Å². The van der Waals surface area contributed by atoms with Crippen molar-refractivity contribution in [2.24, 2.45) is 5.10 Å². The molecule has 0 aliphatic carbocycles. The molecular weight excluding hydrogens is 329 g/mol.